The lowest BCUT2D eigenvalue weighted by molar-refractivity contribution is -0.0570. The number of hydrogen-bond acceptors (Lipinski definition) is 15. The maximum Gasteiger partial charge on any atom is 0.325 e. The third kappa shape index (κ3) is 5.88. The van der Waals surface area contributed by atoms with Gasteiger partial charge in [-0.15, -0.1) is 5.10 Å². The highest BCUT2D eigenvalue weighted by molar-refractivity contribution is 8.07. The van der Waals surface area contributed by atoms with E-state index in [4.69, 9.17) is 51.2 Å². The number of H-pyrrole nitrogens is 1. The van der Waals surface area contributed by atoms with E-state index in [-0.39, 0.29) is 23.9 Å². The summed E-state index contributed by atoms with van der Waals surface area (Å²) in [6.45, 7) is -8.41. The summed E-state index contributed by atoms with van der Waals surface area (Å²) >= 11 is 10.5. The van der Waals surface area contributed by atoms with Crippen LogP contribution in [0.2, 0.25) is 0 Å². The fourth-order valence-corrected chi connectivity index (χ4v) is 7.78. The third-order valence-corrected chi connectivity index (χ3v) is 9.77. The Hall–Kier alpha value is -1.86. The molecular formula is C19H23N7O10P2S2. The fraction of sp³-hybridized carbons (Fsp3) is 0.579. The van der Waals surface area contributed by atoms with E-state index in [1.165, 1.54) is 6.33 Å². The van der Waals surface area contributed by atoms with Crippen molar-refractivity contribution in [1.29, 1.82) is 0 Å². The van der Waals surface area contributed by atoms with Gasteiger partial charge in [-0.3, -0.25) is 9.32 Å². The van der Waals surface area contributed by atoms with Gasteiger partial charge in [0, 0.05) is 24.6 Å². The molecule has 0 spiro atoms. The van der Waals surface area contributed by atoms with Crippen LogP contribution in [0.1, 0.15) is 19.1 Å². The molecule has 6 rings (SSSR count). The molecule has 3 fully saturated rings. The molecule has 9 atom stereocenters. The molecule has 40 heavy (non-hydrogen) atoms. The van der Waals surface area contributed by atoms with Crippen molar-refractivity contribution in [3.8, 4) is 5.88 Å². The molecule has 21 heteroatoms. The van der Waals surface area contributed by atoms with E-state index >= 15 is 0 Å². The van der Waals surface area contributed by atoms with E-state index in [1.807, 2.05) is 0 Å². The molecule has 5 heterocycles. The topological polar surface area (TPSA) is 218 Å². The van der Waals surface area contributed by atoms with Crippen molar-refractivity contribution in [2.24, 2.45) is 5.92 Å². The smallest absolute Gasteiger partial charge is 0.325 e. The van der Waals surface area contributed by atoms with Crippen LogP contribution in [-0.2, 0) is 46.4 Å². The average molecular weight is 636 g/mol. The van der Waals surface area contributed by atoms with Crippen molar-refractivity contribution in [2.75, 3.05) is 13.2 Å². The van der Waals surface area contributed by atoms with Crippen molar-refractivity contribution in [3.63, 3.8) is 0 Å². The molecule has 2 unspecified atom stereocenters. The molecule has 216 valence electrons. The van der Waals surface area contributed by atoms with Crippen LogP contribution in [0.5, 0.6) is 5.88 Å². The second kappa shape index (κ2) is 11.1. The predicted octanol–water partition coefficient (Wildman–Crippen LogP) is -0.329. The summed E-state index contributed by atoms with van der Waals surface area (Å²) in [4.78, 5) is 48.3. The van der Waals surface area contributed by atoms with Gasteiger partial charge in [0.15, 0.2) is 17.4 Å². The molecule has 1 aliphatic carbocycles. The summed E-state index contributed by atoms with van der Waals surface area (Å²) < 4.78 is 35.8. The van der Waals surface area contributed by atoms with Crippen LogP contribution < -0.4 is 10.3 Å². The van der Waals surface area contributed by atoms with Gasteiger partial charge < -0.3 is 42.9 Å². The molecule has 1 saturated carbocycles. The van der Waals surface area contributed by atoms with E-state index in [1.54, 1.807) is 12.3 Å². The molecule has 17 nitrogen and oxygen atoms in total. The molecular weight excluding hydrogens is 612 g/mol. The van der Waals surface area contributed by atoms with Crippen molar-refractivity contribution < 1.29 is 42.5 Å². The summed E-state index contributed by atoms with van der Waals surface area (Å²) in [5.41, 5.74) is -0.599. The Balaban J connectivity index is 1.27. The standard InChI is InChI=1S/C19H23N7O10P2S2/c27-15-12-6-32-37(29,39)35-11-4-10(33-13-1-2-20-7-21-13)3-9(11)5-31-38(30,40)36-16(15)19(34-12)26-17-14(24-25-26)18(28)23-8-22-17/h1-2,7-12,15-16,19,27H,3-6H2,(H,29,39)(H,30,40)(H,22,23,28)/t9-,10-,11+,12-,15-,16-,19-,37?,38?/m1/s1. The number of aromatic nitrogens is 7. The molecule has 3 aromatic heterocycles. The zero-order chi connectivity index (χ0) is 28.1. The summed E-state index contributed by atoms with van der Waals surface area (Å²) in [5.74, 6) is -0.0658. The Labute approximate surface area is 235 Å². The Morgan fingerprint density at radius 3 is 2.70 bits per heavy atom. The number of aliphatic hydroxyl groups is 1. The second-order valence-electron chi connectivity index (χ2n) is 9.26. The fourth-order valence-electron chi connectivity index (χ4n) is 4.81. The lowest BCUT2D eigenvalue weighted by Gasteiger charge is -2.27. The Morgan fingerprint density at radius 2 is 1.90 bits per heavy atom. The van der Waals surface area contributed by atoms with Crippen LogP contribution in [-0.4, -0.2) is 93.6 Å². The van der Waals surface area contributed by atoms with E-state index < -0.39 is 62.2 Å². The zero-order valence-corrected chi connectivity index (χ0v) is 23.7. The number of ether oxygens (including phenoxy) is 2. The summed E-state index contributed by atoms with van der Waals surface area (Å²) in [7, 11) is 0. The van der Waals surface area contributed by atoms with E-state index in [2.05, 4.69) is 30.2 Å². The zero-order valence-electron chi connectivity index (χ0n) is 20.3. The quantitative estimate of drug-likeness (QED) is 0.271. The maximum absolute atomic E-state index is 12.1. The first-order valence-corrected chi connectivity index (χ1v) is 17.1. The van der Waals surface area contributed by atoms with Crippen LogP contribution in [0.25, 0.3) is 11.2 Å². The van der Waals surface area contributed by atoms with Gasteiger partial charge in [-0.2, -0.15) is 4.68 Å². The van der Waals surface area contributed by atoms with Gasteiger partial charge in [-0.1, -0.05) is 5.21 Å². The van der Waals surface area contributed by atoms with Crippen molar-refractivity contribution >= 4 is 48.2 Å². The minimum Gasteiger partial charge on any atom is -0.474 e. The number of aromatic amines is 1. The minimum atomic E-state index is -4.01. The lowest BCUT2D eigenvalue weighted by atomic mass is 10.1. The molecule has 3 aromatic rings. The second-order valence-corrected chi connectivity index (χ2v) is 14.8. The van der Waals surface area contributed by atoms with Gasteiger partial charge in [0.25, 0.3) is 5.56 Å². The first-order valence-electron chi connectivity index (χ1n) is 11.9. The molecule has 2 aliphatic heterocycles. The van der Waals surface area contributed by atoms with E-state index in [9.17, 15) is 19.7 Å². The van der Waals surface area contributed by atoms with E-state index in [0.29, 0.717) is 18.7 Å². The highest BCUT2D eigenvalue weighted by atomic mass is 32.5. The number of fused-ring (bicyclic) bond motifs is 4. The van der Waals surface area contributed by atoms with Gasteiger partial charge in [0.2, 0.25) is 5.88 Å². The molecule has 2 bridgehead atoms. The number of rotatable bonds is 3. The van der Waals surface area contributed by atoms with Crippen molar-refractivity contribution in [1.82, 2.24) is 34.9 Å². The van der Waals surface area contributed by atoms with Gasteiger partial charge in [0.1, 0.15) is 30.7 Å². The SMILES string of the molecule is O=c1[nH]cnc2c1nnn2[C@@H]1O[C@@H]2COP(O)(=S)O[C@H]3C[C@H](Oc4ccncn4)C[C@@H]3COP(O)(=S)O[C@@H]1[C@@H]2O. The Morgan fingerprint density at radius 1 is 1.10 bits per heavy atom. The molecule has 4 N–H and O–H groups in total. The molecule has 0 amide bonds. The Kier molecular flexibility index (Phi) is 7.84. The van der Waals surface area contributed by atoms with Crippen LogP contribution in [0, 0.1) is 5.92 Å². The van der Waals surface area contributed by atoms with Gasteiger partial charge in [-0.05, 0) is 30.0 Å². The Bertz CT molecular complexity index is 1530. The van der Waals surface area contributed by atoms with Gasteiger partial charge in [-0.25, -0.2) is 15.0 Å². The summed E-state index contributed by atoms with van der Waals surface area (Å²) in [6, 6.07) is 1.61. The minimum absolute atomic E-state index is 0.0310. The average Bonchev–Trinajstić information content (AvgIpc) is 3.58. The number of aliphatic hydroxyl groups excluding tert-OH is 1. The van der Waals surface area contributed by atoms with Crippen LogP contribution in [0.3, 0.4) is 0 Å². The van der Waals surface area contributed by atoms with Crippen LogP contribution >= 0.6 is 13.4 Å². The maximum atomic E-state index is 12.1. The van der Waals surface area contributed by atoms with Crippen LogP contribution in [0.15, 0.2) is 29.7 Å². The van der Waals surface area contributed by atoms with Crippen molar-refractivity contribution in [2.45, 2.75) is 49.6 Å². The van der Waals surface area contributed by atoms with E-state index in [0.717, 1.165) is 11.0 Å². The molecule has 0 radical (unpaired) electrons. The number of nitrogens with one attached hydrogen (secondary N) is 1. The molecule has 2 saturated heterocycles. The van der Waals surface area contributed by atoms with Crippen LogP contribution in [0.4, 0.5) is 0 Å². The summed E-state index contributed by atoms with van der Waals surface area (Å²) in [6.07, 6.45) is -1.49. The van der Waals surface area contributed by atoms with Crippen molar-refractivity contribution in [3.05, 3.63) is 35.3 Å². The number of nitrogens with zero attached hydrogens (tertiary/aromatic N) is 6. The lowest BCUT2D eigenvalue weighted by Crippen LogP contribution is -2.35. The summed E-state index contributed by atoms with van der Waals surface area (Å²) in [5, 5.41) is 18.8. The highest BCUT2D eigenvalue weighted by Gasteiger charge is 2.51. The first-order chi connectivity index (χ1) is 19.1. The van der Waals surface area contributed by atoms with Gasteiger partial charge in [0.05, 0.1) is 25.6 Å². The normalized spacial score (nSPS) is 38.7. The van der Waals surface area contributed by atoms with Gasteiger partial charge >= 0.3 is 13.4 Å². The largest absolute Gasteiger partial charge is 0.474 e. The molecule has 3 aliphatic rings. The monoisotopic (exact) mass is 635 g/mol. The highest BCUT2D eigenvalue weighted by Crippen LogP contribution is 2.54. The predicted molar refractivity (Wildman–Crippen MR) is 140 cm³/mol. The number of hydrogen-bond donors (Lipinski definition) is 4. The third-order valence-electron chi connectivity index (χ3n) is 6.63. The molecule has 0 aromatic carbocycles. The first kappa shape index (κ1) is 28.3.